The Balaban J connectivity index is 1.85. The summed E-state index contributed by atoms with van der Waals surface area (Å²) in [5.41, 5.74) is 7.39. The first-order valence-electron chi connectivity index (χ1n) is 7.51. The van der Waals surface area contributed by atoms with E-state index in [2.05, 4.69) is 6.92 Å². The van der Waals surface area contributed by atoms with E-state index in [4.69, 9.17) is 5.73 Å². The Morgan fingerprint density at radius 2 is 1.95 bits per heavy atom. The molecule has 0 spiro atoms. The molecule has 3 nitrogen and oxygen atoms in total. The average molecular weight is 272 g/mol. The minimum atomic E-state index is 0.122. The van der Waals surface area contributed by atoms with E-state index in [0.29, 0.717) is 0 Å². The number of nitrogens with two attached hydrogens (primary N) is 1. The van der Waals surface area contributed by atoms with Gasteiger partial charge in [0.25, 0.3) is 0 Å². The van der Waals surface area contributed by atoms with Gasteiger partial charge < -0.3 is 10.6 Å². The van der Waals surface area contributed by atoms with Crippen LogP contribution in [0.3, 0.4) is 0 Å². The van der Waals surface area contributed by atoms with Crippen molar-refractivity contribution in [3.63, 3.8) is 0 Å². The highest BCUT2D eigenvalue weighted by Gasteiger charge is 2.20. The summed E-state index contributed by atoms with van der Waals surface area (Å²) in [4.78, 5) is 14.1. The monoisotopic (exact) mass is 272 g/mol. The minimum Gasteiger partial charge on any atom is -0.399 e. The van der Waals surface area contributed by atoms with E-state index in [0.717, 1.165) is 43.1 Å². The molecule has 0 radical (unpaired) electrons. The van der Waals surface area contributed by atoms with E-state index in [1.54, 1.807) is 6.08 Å². The third-order valence-electron chi connectivity index (χ3n) is 3.98. The van der Waals surface area contributed by atoms with E-state index in [1.165, 1.54) is 12.8 Å². The smallest absolute Gasteiger partial charge is 0.246 e. The van der Waals surface area contributed by atoms with E-state index >= 15 is 0 Å². The Labute approximate surface area is 121 Å². The highest BCUT2D eigenvalue weighted by Crippen LogP contribution is 2.21. The van der Waals surface area contributed by atoms with Crippen molar-refractivity contribution < 1.29 is 4.79 Å². The third-order valence-corrected chi connectivity index (χ3v) is 3.98. The van der Waals surface area contributed by atoms with Crippen LogP contribution in [-0.4, -0.2) is 23.9 Å². The lowest BCUT2D eigenvalue weighted by atomic mass is 9.92. The molecule has 0 bridgehead atoms. The molecule has 1 aliphatic rings. The van der Waals surface area contributed by atoms with Gasteiger partial charge in [0.15, 0.2) is 0 Å². The molecule has 1 heterocycles. The maximum atomic E-state index is 12.1. The summed E-state index contributed by atoms with van der Waals surface area (Å²) in [7, 11) is 0. The van der Waals surface area contributed by atoms with Gasteiger partial charge in [-0.05, 0) is 42.5 Å². The molecule has 20 heavy (non-hydrogen) atoms. The van der Waals surface area contributed by atoms with Crippen LogP contribution < -0.4 is 5.73 Å². The fourth-order valence-electron chi connectivity index (χ4n) is 2.73. The number of amides is 1. The van der Waals surface area contributed by atoms with Gasteiger partial charge in [-0.25, -0.2) is 0 Å². The molecule has 1 fully saturated rings. The Kier molecular flexibility index (Phi) is 5.22. The van der Waals surface area contributed by atoms with Crippen LogP contribution >= 0.6 is 0 Å². The molecule has 0 atom stereocenters. The summed E-state index contributed by atoms with van der Waals surface area (Å²) in [5.74, 6) is 0.932. The van der Waals surface area contributed by atoms with Crippen molar-refractivity contribution in [3.8, 4) is 0 Å². The Hall–Kier alpha value is -1.77. The number of likely N-dealkylation sites (tertiary alicyclic amines) is 1. The predicted octanol–water partition coefficient (Wildman–Crippen LogP) is 3.32. The van der Waals surface area contributed by atoms with Crippen LogP contribution in [0.5, 0.6) is 0 Å². The van der Waals surface area contributed by atoms with Crippen LogP contribution in [-0.2, 0) is 4.79 Å². The molecule has 0 unspecified atom stereocenters. The zero-order valence-electron chi connectivity index (χ0n) is 12.2. The number of benzene rings is 1. The van der Waals surface area contributed by atoms with Crippen molar-refractivity contribution in [1.29, 1.82) is 0 Å². The highest BCUT2D eigenvalue weighted by molar-refractivity contribution is 5.91. The largest absolute Gasteiger partial charge is 0.399 e. The third kappa shape index (κ3) is 4.12. The molecular formula is C17H24N2O. The zero-order chi connectivity index (χ0) is 14.4. The lowest BCUT2D eigenvalue weighted by molar-refractivity contribution is -0.127. The maximum Gasteiger partial charge on any atom is 0.246 e. The van der Waals surface area contributed by atoms with E-state index in [9.17, 15) is 4.79 Å². The van der Waals surface area contributed by atoms with Gasteiger partial charge in [0.2, 0.25) is 5.91 Å². The second kappa shape index (κ2) is 7.13. The first-order chi connectivity index (χ1) is 9.69. The van der Waals surface area contributed by atoms with Crippen molar-refractivity contribution >= 4 is 17.7 Å². The van der Waals surface area contributed by atoms with Gasteiger partial charge in [-0.2, -0.15) is 0 Å². The van der Waals surface area contributed by atoms with Crippen LogP contribution in [0.15, 0.2) is 30.3 Å². The highest BCUT2D eigenvalue weighted by atomic mass is 16.2. The number of hydrogen-bond donors (Lipinski definition) is 1. The first-order valence-corrected chi connectivity index (χ1v) is 7.51. The quantitative estimate of drug-likeness (QED) is 0.675. The summed E-state index contributed by atoms with van der Waals surface area (Å²) in [6.07, 6.45) is 8.37. The van der Waals surface area contributed by atoms with E-state index < -0.39 is 0 Å². The Morgan fingerprint density at radius 1 is 1.30 bits per heavy atom. The van der Waals surface area contributed by atoms with Crippen LogP contribution in [0.2, 0.25) is 0 Å². The fraction of sp³-hybridized carbons (Fsp3) is 0.471. The Bertz CT molecular complexity index is 456. The first kappa shape index (κ1) is 14.6. The summed E-state index contributed by atoms with van der Waals surface area (Å²) in [5, 5.41) is 0. The van der Waals surface area contributed by atoms with Crippen LogP contribution in [0.25, 0.3) is 6.08 Å². The van der Waals surface area contributed by atoms with Gasteiger partial charge in [-0.15, -0.1) is 0 Å². The van der Waals surface area contributed by atoms with Gasteiger partial charge >= 0.3 is 0 Å². The van der Waals surface area contributed by atoms with Crippen molar-refractivity contribution in [1.82, 2.24) is 4.90 Å². The van der Waals surface area contributed by atoms with Crippen LogP contribution in [0.1, 0.15) is 38.2 Å². The number of anilines is 1. The van der Waals surface area contributed by atoms with Crippen LogP contribution in [0.4, 0.5) is 5.69 Å². The lowest BCUT2D eigenvalue weighted by Gasteiger charge is -2.31. The molecule has 2 N–H and O–H groups in total. The molecule has 0 saturated carbocycles. The number of rotatable bonds is 4. The number of nitrogen functional groups attached to an aromatic ring is 1. The summed E-state index contributed by atoms with van der Waals surface area (Å²) >= 11 is 0. The number of carbonyl (C=O) groups excluding carboxylic acids is 1. The average Bonchev–Trinajstić information content (AvgIpc) is 2.47. The lowest BCUT2D eigenvalue weighted by Crippen LogP contribution is -2.37. The van der Waals surface area contributed by atoms with Crippen molar-refractivity contribution in [3.05, 3.63) is 35.9 Å². The van der Waals surface area contributed by atoms with Crippen molar-refractivity contribution in [2.75, 3.05) is 18.8 Å². The normalized spacial score (nSPS) is 16.8. The molecule has 0 aromatic heterocycles. The fourth-order valence-corrected chi connectivity index (χ4v) is 2.73. The second-order valence-corrected chi connectivity index (χ2v) is 5.56. The van der Waals surface area contributed by atoms with Crippen molar-refractivity contribution in [2.45, 2.75) is 32.6 Å². The molecule has 0 aliphatic carbocycles. The van der Waals surface area contributed by atoms with Gasteiger partial charge in [0, 0.05) is 24.9 Å². The zero-order valence-corrected chi connectivity index (χ0v) is 12.2. The summed E-state index contributed by atoms with van der Waals surface area (Å²) in [6.45, 7) is 4.03. The van der Waals surface area contributed by atoms with E-state index in [1.807, 2.05) is 35.2 Å². The molecule has 1 aromatic carbocycles. The van der Waals surface area contributed by atoms with E-state index in [-0.39, 0.29) is 5.91 Å². The number of nitrogens with zero attached hydrogens (tertiary/aromatic N) is 1. The number of hydrogen-bond acceptors (Lipinski definition) is 2. The summed E-state index contributed by atoms with van der Waals surface area (Å²) in [6, 6.07) is 7.54. The molecular weight excluding hydrogens is 248 g/mol. The van der Waals surface area contributed by atoms with Crippen LogP contribution in [0, 0.1) is 5.92 Å². The molecule has 2 rings (SSSR count). The summed E-state index contributed by atoms with van der Waals surface area (Å²) < 4.78 is 0. The second-order valence-electron chi connectivity index (χ2n) is 5.56. The molecule has 1 aromatic rings. The number of carbonyl (C=O) groups is 1. The molecule has 3 heteroatoms. The van der Waals surface area contributed by atoms with Gasteiger partial charge in [-0.3, -0.25) is 4.79 Å². The molecule has 108 valence electrons. The topological polar surface area (TPSA) is 46.3 Å². The molecule has 1 aliphatic heterocycles. The minimum absolute atomic E-state index is 0.122. The predicted molar refractivity (Wildman–Crippen MR) is 84.1 cm³/mol. The van der Waals surface area contributed by atoms with Gasteiger partial charge in [0.1, 0.15) is 0 Å². The SMILES string of the molecule is CCCC1CCN(C(=O)/C=C/c2ccc(N)cc2)CC1. The molecule has 1 amide bonds. The Morgan fingerprint density at radius 3 is 2.55 bits per heavy atom. The molecule has 1 saturated heterocycles. The maximum absolute atomic E-state index is 12.1. The standard InChI is InChI=1S/C17H24N2O/c1-2-3-14-10-12-19(13-11-14)17(20)9-6-15-4-7-16(18)8-5-15/h4-9,14H,2-3,10-13,18H2,1H3/b9-6+. The number of piperidine rings is 1. The van der Waals surface area contributed by atoms with Gasteiger partial charge in [0.05, 0.1) is 0 Å². The van der Waals surface area contributed by atoms with Gasteiger partial charge in [-0.1, -0.05) is 31.9 Å². The van der Waals surface area contributed by atoms with Crippen molar-refractivity contribution in [2.24, 2.45) is 5.92 Å².